The van der Waals surface area contributed by atoms with Gasteiger partial charge >= 0.3 is 0 Å². The molecule has 0 radical (unpaired) electrons. The lowest BCUT2D eigenvalue weighted by atomic mass is 9.96. The molecular formula is C18H34O16. The lowest BCUT2D eigenvalue weighted by Crippen LogP contribution is -2.65. The third kappa shape index (κ3) is 6.37. The summed E-state index contributed by atoms with van der Waals surface area (Å²) in [5.41, 5.74) is 0. The summed E-state index contributed by atoms with van der Waals surface area (Å²) in [4.78, 5) is 0. The van der Waals surface area contributed by atoms with Crippen LogP contribution in [-0.2, 0) is 18.9 Å². The van der Waals surface area contributed by atoms with Gasteiger partial charge < -0.3 is 80.2 Å². The van der Waals surface area contributed by atoms with E-state index in [1.54, 1.807) is 0 Å². The molecule has 34 heavy (non-hydrogen) atoms. The lowest BCUT2D eigenvalue weighted by Gasteiger charge is -2.46. The molecule has 0 bridgehead atoms. The molecule has 0 aromatic rings. The van der Waals surface area contributed by atoms with Gasteiger partial charge in [0, 0.05) is 0 Å². The average Bonchev–Trinajstić information content (AvgIpc) is 2.84. The van der Waals surface area contributed by atoms with Crippen LogP contribution in [0.15, 0.2) is 0 Å². The van der Waals surface area contributed by atoms with Crippen LogP contribution in [-0.4, -0.2) is 174 Å². The molecule has 0 spiro atoms. The molecule has 16 nitrogen and oxygen atoms in total. The van der Waals surface area contributed by atoms with Gasteiger partial charge in [-0.05, 0) is 0 Å². The fourth-order valence-electron chi connectivity index (χ4n) is 3.65. The summed E-state index contributed by atoms with van der Waals surface area (Å²) >= 11 is 0. The second kappa shape index (κ2) is 13.1. The van der Waals surface area contributed by atoms with E-state index in [-0.39, 0.29) is 0 Å². The average molecular weight is 506 g/mol. The van der Waals surface area contributed by atoms with Gasteiger partial charge in [-0.25, -0.2) is 0 Å². The molecule has 0 aromatic heterocycles. The van der Waals surface area contributed by atoms with Crippen LogP contribution in [0.1, 0.15) is 0 Å². The van der Waals surface area contributed by atoms with Crippen LogP contribution in [0, 0.1) is 0 Å². The molecule has 2 heterocycles. The van der Waals surface area contributed by atoms with Gasteiger partial charge in [-0.2, -0.15) is 0 Å². The molecule has 2 rings (SSSR count). The summed E-state index contributed by atoms with van der Waals surface area (Å²) in [7, 11) is 0. The summed E-state index contributed by atoms with van der Waals surface area (Å²) in [6, 6.07) is 0. The first-order chi connectivity index (χ1) is 16.0. The van der Waals surface area contributed by atoms with Crippen LogP contribution in [0.3, 0.4) is 0 Å². The van der Waals surface area contributed by atoms with Crippen LogP contribution in [0.25, 0.3) is 0 Å². The molecule has 0 aromatic carbocycles. The van der Waals surface area contributed by atoms with E-state index in [0.717, 1.165) is 0 Å². The molecule has 0 aliphatic carbocycles. The monoisotopic (exact) mass is 506 g/mol. The number of rotatable bonds is 11. The Labute approximate surface area is 193 Å². The quantitative estimate of drug-likeness (QED) is 0.124. The smallest absolute Gasteiger partial charge is 0.187 e. The van der Waals surface area contributed by atoms with Crippen molar-refractivity contribution in [2.75, 3.05) is 26.4 Å². The molecule has 2 aliphatic rings. The Hall–Kier alpha value is -0.640. The number of hydrogen-bond donors (Lipinski definition) is 12. The van der Waals surface area contributed by atoms with Crippen molar-refractivity contribution >= 4 is 0 Å². The van der Waals surface area contributed by atoms with Crippen molar-refractivity contribution in [2.24, 2.45) is 0 Å². The van der Waals surface area contributed by atoms with Crippen LogP contribution >= 0.6 is 0 Å². The molecule has 0 unspecified atom stereocenters. The molecule has 0 amide bonds. The molecule has 14 atom stereocenters. The second-order valence-electron chi connectivity index (χ2n) is 8.10. The lowest BCUT2D eigenvalue weighted by molar-refractivity contribution is -0.369. The van der Waals surface area contributed by atoms with Gasteiger partial charge in [0.05, 0.1) is 26.4 Å². The summed E-state index contributed by atoms with van der Waals surface area (Å²) in [5.74, 6) is 0. The van der Waals surface area contributed by atoms with Gasteiger partial charge in [0.15, 0.2) is 12.6 Å². The van der Waals surface area contributed by atoms with Gasteiger partial charge in [-0.15, -0.1) is 0 Å². The number of hydrogen-bond acceptors (Lipinski definition) is 16. The standard InChI is InChI=1S/C18H34O16/c19-1-5(23)9(25)15(6(24)2-20)33-18-14(30)16(11(27)8(4-22)32-18)34-17-13(29)12(28)10(26)7(3-21)31-17/h5-30H,1-4H2/t5-,6-,7-,8-,9-,10-,11-,12+,13+,14-,15-,16+,17+,18-/m1/s1. The fraction of sp³-hybridized carbons (Fsp3) is 1.00. The van der Waals surface area contributed by atoms with Crippen molar-refractivity contribution in [3.05, 3.63) is 0 Å². The Kier molecular flexibility index (Phi) is 11.4. The first-order valence-corrected chi connectivity index (χ1v) is 10.5. The maximum Gasteiger partial charge on any atom is 0.187 e. The van der Waals surface area contributed by atoms with Crippen molar-refractivity contribution in [2.45, 2.75) is 85.8 Å². The van der Waals surface area contributed by atoms with E-state index < -0.39 is 112 Å². The normalized spacial score (nSPS) is 42.7. The zero-order valence-electron chi connectivity index (χ0n) is 17.9. The third-order valence-electron chi connectivity index (χ3n) is 5.74. The van der Waals surface area contributed by atoms with Crippen molar-refractivity contribution in [3.63, 3.8) is 0 Å². The fourth-order valence-corrected chi connectivity index (χ4v) is 3.65. The highest BCUT2D eigenvalue weighted by Gasteiger charge is 2.52. The minimum Gasteiger partial charge on any atom is -0.394 e. The predicted octanol–water partition coefficient (Wildman–Crippen LogP) is -7.94. The number of aliphatic hydroxyl groups excluding tert-OH is 12. The van der Waals surface area contributed by atoms with E-state index in [0.29, 0.717) is 0 Å². The van der Waals surface area contributed by atoms with Gasteiger partial charge in [0.1, 0.15) is 73.2 Å². The first-order valence-electron chi connectivity index (χ1n) is 10.5. The van der Waals surface area contributed by atoms with Crippen LogP contribution in [0.2, 0.25) is 0 Å². The van der Waals surface area contributed by atoms with Gasteiger partial charge in [0.2, 0.25) is 0 Å². The Balaban J connectivity index is 2.24. The highest BCUT2D eigenvalue weighted by atomic mass is 16.7. The summed E-state index contributed by atoms with van der Waals surface area (Å²) in [5, 5.41) is 118. The van der Waals surface area contributed by atoms with Gasteiger partial charge in [0.25, 0.3) is 0 Å². The van der Waals surface area contributed by atoms with Crippen molar-refractivity contribution in [1.29, 1.82) is 0 Å². The molecule has 202 valence electrons. The number of aliphatic hydroxyl groups is 12. The Morgan fingerprint density at radius 3 is 1.68 bits per heavy atom. The summed E-state index contributed by atoms with van der Waals surface area (Å²) in [6.07, 6.45) is -24.9. The van der Waals surface area contributed by atoms with E-state index >= 15 is 0 Å². The van der Waals surface area contributed by atoms with E-state index in [4.69, 9.17) is 24.1 Å². The third-order valence-corrected chi connectivity index (χ3v) is 5.74. The minimum atomic E-state index is -1.98. The zero-order chi connectivity index (χ0) is 25.7. The van der Waals surface area contributed by atoms with Crippen molar-refractivity contribution < 1.29 is 80.2 Å². The summed E-state index contributed by atoms with van der Waals surface area (Å²) in [6.45, 7) is -3.55. The minimum absolute atomic E-state index is 0.777. The molecular weight excluding hydrogens is 472 g/mol. The molecule has 2 aliphatic heterocycles. The summed E-state index contributed by atoms with van der Waals surface area (Å²) < 4.78 is 21.1. The first kappa shape index (κ1) is 29.6. The van der Waals surface area contributed by atoms with Crippen molar-refractivity contribution in [1.82, 2.24) is 0 Å². The van der Waals surface area contributed by atoms with Crippen LogP contribution < -0.4 is 0 Å². The zero-order valence-corrected chi connectivity index (χ0v) is 17.9. The highest BCUT2D eigenvalue weighted by Crippen LogP contribution is 2.30. The van der Waals surface area contributed by atoms with Crippen LogP contribution in [0.5, 0.6) is 0 Å². The maximum atomic E-state index is 10.7. The van der Waals surface area contributed by atoms with E-state index in [1.165, 1.54) is 0 Å². The highest BCUT2D eigenvalue weighted by molar-refractivity contribution is 4.95. The Morgan fingerprint density at radius 1 is 0.618 bits per heavy atom. The second-order valence-corrected chi connectivity index (χ2v) is 8.10. The molecule has 16 heteroatoms. The van der Waals surface area contributed by atoms with Crippen molar-refractivity contribution in [3.8, 4) is 0 Å². The van der Waals surface area contributed by atoms with E-state index in [9.17, 15) is 56.2 Å². The molecule has 0 saturated carbocycles. The maximum absolute atomic E-state index is 10.7. The Morgan fingerprint density at radius 2 is 1.15 bits per heavy atom. The largest absolute Gasteiger partial charge is 0.394 e. The molecule has 2 fully saturated rings. The van der Waals surface area contributed by atoms with Gasteiger partial charge in [-0.1, -0.05) is 0 Å². The topological polar surface area (TPSA) is 280 Å². The Bertz CT molecular complexity index is 596. The number of ether oxygens (including phenoxy) is 4. The van der Waals surface area contributed by atoms with E-state index in [1.807, 2.05) is 0 Å². The van der Waals surface area contributed by atoms with E-state index in [2.05, 4.69) is 0 Å². The SMILES string of the molecule is OC[C@@H](O)[C@@H](O)[C@H](O[C@H]1O[C@H](CO)[C@@H](O)[C@H](O[C@@H]2O[C@H](CO)[C@@H](O)[C@H](O)[C@@H]2O)[C@H]1O)[C@H](O)CO. The van der Waals surface area contributed by atoms with Gasteiger partial charge in [-0.3, -0.25) is 0 Å². The molecule has 12 N–H and O–H groups in total. The predicted molar refractivity (Wildman–Crippen MR) is 103 cm³/mol. The molecule has 2 saturated heterocycles. The van der Waals surface area contributed by atoms with Crippen LogP contribution in [0.4, 0.5) is 0 Å².